The Labute approximate surface area is 147 Å². The topological polar surface area (TPSA) is 62.2 Å². The number of hydrogen-bond donors (Lipinski definition) is 2. The van der Waals surface area contributed by atoms with Gasteiger partial charge in [-0.1, -0.05) is 60.7 Å². The van der Waals surface area contributed by atoms with Gasteiger partial charge in [0.05, 0.1) is 18.6 Å². The first-order chi connectivity index (χ1) is 12.2. The lowest BCUT2D eigenvalue weighted by Gasteiger charge is -2.21. The van der Waals surface area contributed by atoms with Gasteiger partial charge in [0.1, 0.15) is 0 Å². The van der Waals surface area contributed by atoms with Crippen LogP contribution >= 0.6 is 0 Å². The molecule has 3 rings (SSSR count). The number of carbonyl (C=O) groups is 1. The molecule has 0 aliphatic carbocycles. The van der Waals surface area contributed by atoms with Gasteiger partial charge >= 0.3 is 0 Å². The fourth-order valence-corrected chi connectivity index (χ4v) is 2.75. The molecule has 0 aliphatic heterocycles. The van der Waals surface area contributed by atoms with E-state index in [1.54, 1.807) is 12.4 Å². The number of benzene rings is 2. The van der Waals surface area contributed by atoms with E-state index in [1.165, 1.54) is 0 Å². The number of rotatable bonds is 6. The van der Waals surface area contributed by atoms with E-state index in [4.69, 9.17) is 0 Å². The third-order valence-electron chi connectivity index (χ3n) is 4.04. The minimum absolute atomic E-state index is 0.0123. The van der Waals surface area contributed by atoms with Gasteiger partial charge in [-0.15, -0.1) is 0 Å². The summed E-state index contributed by atoms with van der Waals surface area (Å²) in [5.74, 6) is -0.206. The average molecular weight is 332 g/mol. The summed E-state index contributed by atoms with van der Waals surface area (Å²) >= 11 is 0. The lowest BCUT2D eigenvalue weighted by Crippen LogP contribution is -2.30. The molecule has 0 saturated carbocycles. The smallest absolute Gasteiger partial charge is 0.223 e. The number of carbonyl (C=O) groups excluding carboxylic acids is 1. The quantitative estimate of drug-likeness (QED) is 0.727. The number of aliphatic hydroxyl groups excluding tert-OH is 1. The molecule has 25 heavy (non-hydrogen) atoms. The summed E-state index contributed by atoms with van der Waals surface area (Å²) in [6.07, 6.45) is 2.60. The fraction of sp³-hybridized carbons (Fsp3) is 0.143. The van der Waals surface area contributed by atoms with Crippen molar-refractivity contribution in [1.82, 2.24) is 10.3 Å². The second-order valence-corrected chi connectivity index (χ2v) is 5.82. The summed E-state index contributed by atoms with van der Waals surface area (Å²) in [6.45, 7) is 0. The van der Waals surface area contributed by atoms with Gasteiger partial charge in [0.25, 0.3) is 0 Å². The van der Waals surface area contributed by atoms with Crippen molar-refractivity contribution in [3.8, 4) is 0 Å². The van der Waals surface area contributed by atoms with Crippen LogP contribution in [0, 0.1) is 0 Å². The lowest BCUT2D eigenvalue weighted by molar-refractivity contribution is -0.123. The van der Waals surface area contributed by atoms with E-state index in [-0.39, 0.29) is 18.4 Å². The average Bonchev–Trinajstić information content (AvgIpc) is 2.68. The molecular weight excluding hydrogens is 312 g/mol. The van der Waals surface area contributed by atoms with E-state index in [0.717, 1.165) is 16.7 Å². The summed E-state index contributed by atoms with van der Waals surface area (Å²) in [5, 5.41) is 13.3. The third-order valence-corrected chi connectivity index (χ3v) is 4.04. The Morgan fingerprint density at radius 3 is 1.96 bits per heavy atom. The zero-order valence-corrected chi connectivity index (χ0v) is 13.7. The van der Waals surface area contributed by atoms with Crippen molar-refractivity contribution in [2.24, 2.45) is 0 Å². The van der Waals surface area contributed by atoms with Gasteiger partial charge < -0.3 is 10.4 Å². The molecule has 0 aliphatic rings. The van der Waals surface area contributed by atoms with Crippen LogP contribution in [0.2, 0.25) is 0 Å². The molecule has 2 unspecified atom stereocenters. The molecule has 1 amide bonds. The molecule has 1 heterocycles. The van der Waals surface area contributed by atoms with Crippen molar-refractivity contribution in [2.45, 2.75) is 18.6 Å². The van der Waals surface area contributed by atoms with Gasteiger partial charge in [-0.25, -0.2) is 0 Å². The second-order valence-electron chi connectivity index (χ2n) is 5.82. The molecule has 0 bridgehead atoms. The summed E-state index contributed by atoms with van der Waals surface area (Å²) in [5.41, 5.74) is 2.66. The highest BCUT2D eigenvalue weighted by Crippen LogP contribution is 2.23. The van der Waals surface area contributed by atoms with Crippen molar-refractivity contribution in [3.05, 3.63) is 102 Å². The summed E-state index contributed by atoms with van der Waals surface area (Å²) in [7, 11) is 0. The molecule has 1 aromatic heterocycles. The van der Waals surface area contributed by atoms with Crippen molar-refractivity contribution in [3.63, 3.8) is 0 Å². The molecular formula is C21H20N2O2. The minimum atomic E-state index is -0.824. The lowest BCUT2D eigenvalue weighted by atomic mass is 9.99. The fourth-order valence-electron chi connectivity index (χ4n) is 2.75. The predicted octanol–water partition coefficient (Wildman–Crippen LogP) is 3.41. The molecule has 126 valence electrons. The molecule has 0 fully saturated rings. The van der Waals surface area contributed by atoms with Crippen LogP contribution in [0.1, 0.15) is 35.3 Å². The summed E-state index contributed by atoms with van der Waals surface area (Å²) in [6, 6.07) is 22.4. The second kappa shape index (κ2) is 8.22. The SMILES string of the molecule is O=C(CC(O)c1ccccc1)NC(c1ccccc1)c1ccncc1. The van der Waals surface area contributed by atoms with Crippen LogP contribution in [0.5, 0.6) is 0 Å². The number of hydrogen-bond acceptors (Lipinski definition) is 3. The normalized spacial score (nSPS) is 13.0. The van der Waals surface area contributed by atoms with Crippen LogP contribution in [-0.4, -0.2) is 16.0 Å². The van der Waals surface area contributed by atoms with Crippen LogP contribution < -0.4 is 5.32 Å². The number of pyridine rings is 1. The van der Waals surface area contributed by atoms with Gasteiger partial charge in [-0.2, -0.15) is 0 Å². The first kappa shape index (κ1) is 16.9. The number of nitrogens with zero attached hydrogens (tertiary/aromatic N) is 1. The Kier molecular flexibility index (Phi) is 5.54. The van der Waals surface area contributed by atoms with E-state index in [1.807, 2.05) is 72.8 Å². The first-order valence-corrected chi connectivity index (χ1v) is 8.21. The standard InChI is InChI=1S/C21H20N2O2/c24-19(16-7-3-1-4-8-16)15-20(25)23-21(17-9-5-2-6-10-17)18-11-13-22-14-12-18/h1-14,19,21,24H,15H2,(H,23,25). The predicted molar refractivity (Wildman–Crippen MR) is 96.7 cm³/mol. The Morgan fingerprint density at radius 2 is 1.36 bits per heavy atom. The maximum absolute atomic E-state index is 12.5. The zero-order chi connectivity index (χ0) is 17.5. The number of amides is 1. The maximum atomic E-state index is 12.5. The molecule has 3 aromatic rings. The van der Waals surface area contributed by atoms with Gasteiger partial charge in [0, 0.05) is 12.4 Å². The zero-order valence-electron chi connectivity index (χ0n) is 13.7. The van der Waals surface area contributed by atoms with Crippen molar-refractivity contribution < 1.29 is 9.90 Å². The van der Waals surface area contributed by atoms with Crippen LogP contribution in [0.15, 0.2) is 85.2 Å². The third kappa shape index (κ3) is 4.52. The molecule has 4 heteroatoms. The van der Waals surface area contributed by atoms with Crippen LogP contribution in [0.3, 0.4) is 0 Å². The minimum Gasteiger partial charge on any atom is -0.388 e. The van der Waals surface area contributed by atoms with Gasteiger partial charge in [0.15, 0.2) is 0 Å². The Hall–Kier alpha value is -2.98. The molecule has 0 saturated heterocycles. The van der Waals surface area contributed by atoms with E-state index in [2.05, 4.69) is 10.3 Å². The van der Waals surface area contributed by atoms with Crippen molar-refractivity contribution in [2.75, 3.05) is 0 Å². The Morgan fingerprint density at radius 1 is 0.840 bits per heavy atom. The largest absolute Gasteiger partial charge is 0.388 e. The van der Waals surface area contributed by atoms with Crippen LogP contribution in [0.4, 0.5) is 0 Å². The number of aliphatic hydroxyl groups is 1. The molecule has 2 N–H and O–H groups in total. The molecule has 2 aromatic carbocycles. The van der Waals surface area contributed by atoms with Gasteiger partial charge in [0.2, 0.25) is 5.91 Å². The van der Waals surface area contributed by atoms with E-state index < -0.39 is 6.10 Å². The van der Waals surface area contributed by atoms with E-state index in [9.17, 15) is 9.90 Å². The highest BCUT2D eigenvalue weighted by molar-refractivity contribution is 5.77. The van der Waals surface area contributed by atoms with Crippen LogP contribution in [0.25, 0.3) is 0 Å². The monoisotopic (exact) mass is 332 g/mol. The summed E-state index contributed by atoms with van der Waals surface area (Å²) < 4.78 is 0. The molecule has 4 nitrogen and oxygen atoms in total. The first-order valence-electron chi connectivity index (χ1n) is 8.21. The summed E-state index contributed by atoms with van der Waals surface area (Å²) in [4.78, 5) is 16.5. The Bertz CT molecular complexity index is 752. The van der Waals surface area contributed by atoms with Gasteiger partial charge in [-0.3, -0.25) is 9.78 Å². The number of aromatic nitrogens is 1. The maximum Gasteiger partial charge on any atom is 0.223 e. The van der Waals surface area contributed by atoms with Crippen LogP contribution in [-0.2, 0) is 4.79 Å². The van der Waals surface area contributed by atoms with Crippen molar-refractivity contribution in [1.29, 1.82) is 0 Å². The van der Waals surface area contributed by atoms with Crippen molar-refractivity contribution >= 4 is 5.91 Å². The molecule has 0 radical (unpaired) electrons. The highest BCUT2D eigenvalue weighted by Gasteiger charge is 2.19. The molecule has 0 spiro atoms. The highest BCUT2D eigenvalue weighted by atomic mass is 16.3. The van der Waals surface area contributed by atoms with E-state index in [0.29, 0.717) is 0 Å². The Balaban J connectivity index is 1.75. The van der Waals surface area contributed by atoms with Gasteiger partial charge in [-0.05, 0) is 28.8 Å². The molecule has 2 atom stereocenters. The van der Waals surface area contributed by atoms with E-state index >= 15 is 0 Å². The number of nitrogens with one attached hydrogen (secondary N) is 1.